The van der Waals surface area contributed by atoms with Gasteiger partial charge in [-0.15, -0.1) is 0 Å². The lowest BCUT2D eigenvalue weighted by atomic mass is 10.2. The molecule has 0 fully saturated rings. The summed E-state index contributed by atoms with van der Waals surface area (Å²) in [5.41, 5.74) is 0.777. The van der Waals surface area contributed by atoms with Gasteiger partial charge >= 0.3 is 0 Å². The van der Waals surface area contributed by atoms with E-state index in [1.165, 1.54) is 12.1 Å². The van der Waals surface area contributed by atoms with Crippen LogP contribution in [0.25, 0.3) is 0 Å². The molecule has 0 radical (unpaired) electrons. The molecule has 2 heterocycles. The van der Waals surface area contributed by atoms with Crippen LogP contribution in [0.15, 0.2) is 35.5 Å². The zero-order valence-electron chi connectivity index (χ0n) is 9.47. The lowest BCUT2D eigenvalue weighted by Gasteiger charge is -2.00. The van der Waals surface area contributed by atoms with Crippen LogP contribution in [-0.2, 0) is 16.9 Å². The fourth-order valence-electron chi connectivity index (χ4n) is 1.56. The van der Waals surface area contributed by atoms with Gasteiger partial charge in [0.05, 0.1) is 11.4 Å². The molecule has 2 rings (SSSR count). The Hall–Kier alpha value is -1.82. The molecule has 0 atom stereocenters. The van der Waals surface area contributed by atoms with Crippen molar-refractivity contribution in [1.29, 1.82) is 0 Å². The third kappa shape index (κ3) is 2.16. The Morgan fingerprint density at radius 2 is 2.00 bits per heavy atom. The molecule has 0 aromatic carbocycles. The Kier molecular flexibility index (Phi) is 2.66. The largest absolute Gasteiger partial charge is 0.348 e. The quantitative estimate of drug-likeness (QED) is 0.828. The summed E-state index contributed by atoms with van der Waals surface area (Å²) < 4.78 is 24.2. The van der Waals surface area contributed by atoms with Crippen LogP contribution in [0.2, 0.25) is 0 Å². The Balaban J connectivity index is 2.40. The predicted molar refractivity (Wildman–Crippen MR) is 62.7 cm³/mol. The van der Waals surface area contributed by atoms with Gasteiger partial charge in [-0.25, -0.2) is 8.42 Å². The average Bonchev–Trinajstić information content (AvgIpc) is 2.83. The number of aromatic nitrogens is 2. The number of nitrogens with zero attached hydrogens (tertiary/aromatic N) is 1. The number of hydrogen-bond acceptors (Lipinski definition) is 3. The van der Waals surface area contributed by atoms with Crippen molar-refractivity contribution >= 4 is 15.6 Å². The lowest BCUT2D eigenvalue weighted by Crippen LogP contribution is -2.07. The highest BCUT2D eigenvalue weighted by molar-refractivity contribution is 7.90. The molecule has 2 aromatic rings. The molecule has 6 heteroatoms. The maximum absolute atomic E-state index is 12.0. The van der Waals surface area contributed by atoms with Crippen LogP contribution in [0, 0.1) is 0 Å². The van der Waals surface area contributed by atoms with Crippen molar-refractivity contribution in [2.45, 2.75) is 5.03 Å². The molecule has 1 N–H and O–H groups in total. The third-order valence-electron chi connectivity index (χ3n) is 2.48. The van der Waals surface area contributed by atoms with E-state index in [1.54, 1.807) is 29.9 Å². The van der Waals surface area contributed by atoms with Crippen molar-refractivity contribution in [3.8, 4) is 0 Å². The van der Waals surface area contributed by atoms with Crippen LogP contribution in [0.1, 0.15) is 16.2 Å². The minimum Gasteiger partial charge on any atom is -0.348 e. The van der Waals surface area contributed by atoms with Gasteiger partial charge in [0.25, 0.3) is 0 Å². The second kappa shape index (κ2) is 3.89. The number of rotatable bonds is 3. The van der Waals surface area contributed by atoms with E-state index in [0.717, 1.165) is 6.26 Å². The van der Waals surface area contributed by atoms with Gasteiger partial charge in [-0.2, -0.15) is 0 Å². The maximum atomic E-state index is 12.0. The summed E-state index contributed by atoms with van der Waals surface area (Å²) in [7, 11) is -1.55. The summed E-state index contributed by atoms with van der Waals surface area (Å²) >= 11 is 0. The van der Waals surface area contributed by atoms with Crippen LogP contribution in [0.5, 0.6) is 0 Å². The number of nitrogens with one attached hydrogen (secondary N) is 1. The Morgan fingerprint density at radius 3 is 2.47 bits per heavy atom. The van der Waals surface area contributed by atoms with E-state index >= 15 is 0 Å². The van der Waals surface area contributed by atoms with Crippen molar-refractivity contribution in [2.75, 3.05) is 6.26 Å². The predicted octanol–water partition coefficient (Wildman–Crippen LogP) is 0.988. The van der Waals surface area contributed by atoms with Crippen molar-refractivity contribution in [2.24, 2.45) is 7.05 Å². The number of hydrogen-bond donors (Lipinski definition) is 1. The minimum atomic E-state index is -3.31. The highest BCUT2D eigenvalue weighted by Gasteiger charge is 2.16. The van der Waals surface area contributed by atoms with Crippen LogP contribution in [-0.4, -0.2) is 30.0 Å². The highest BCUT2D eigenvalue weighted by Crippen LogP contribution is 2.13. The molecule has 90 valence electrons. The number of ketones is 1. The van der Waals surface area contributed by atoms with Gasteiger partial charge in [0, 0.05) is 19.5 Å². The summed E-state index contributed by atoms with van der Waals surface area (Å²) in [6, 6.07) is 6.31. The van der Waals surface area contributed by atoms with E-state index in [9.17, 15) is 13.2 Å². The van der Waals surface area contributed by atoms with E-state index < -0.39 is 9.84 Å². The summed E-state index contributed by atoms with van der Waals surface area (Å²) in [6.07, 6.45) is 2.85. The van der Waals surface area contributed by atoms with Gasteiger partial charge < -0.3 is 9.55 Å². The lowest BCUT2D eigenvalue weighted by molar-refractivity contribution is 0.102. The van der Waals surface area contributed by atoms with Gasteiger partial charge in [-0.05, 0) is 24.3 Å². The van der Waals surface area contributed by atoms with Crippen molar-refractivity contribution in [1.82, 2.24) is 9.55 Å². The highest BCUT2D eigenvalue weighted by atomic mass is 32.2. The van der Waals surface area contributed by atoms with Crippen LogP contribution < -0.4 is 0 Å². The van der Waals surface area contributed by atoms with E-state index in [2.05, 4.69) is 4.98 Å². The smallest absolute Gasteiger partial charge is 0.225 e. The molecular weight excluding hydrogens is 240 g/mol. The maximum Gasteiger partial charge on any atom is 0.225 e. The Bertz CT molecular complexity index is 664. The van der Waals surface area contributed by atoms with Crippen molar-refractivity contribution < 1.29 is 13.2 Å². The zero-order chi connectivity index (χ0) is 12.6. The normalized spacial score (nSPS) is 11.6. The molecule has 0 spiro atoms. The van der Waals surface area contributed by atoms with E-state index in [4.69, 9.17) is 0 Å². The van der Waals surface area contributed by atoms with Crippen molar-refractivity contribution in [3.63, 3.8) is 0 Å². The molecule has 2 aromatic heterocycles. The van der Waals surface area contributed by atoms with E-state index in [0.29, 0.717) is 5.69 Å². The average molecular weight is 252 g/mol. The first-order valence-corrected chi connectivity index (χ1v) is 6.84. The number of sulfone groups is 1. The molecule has 0 aliphatic heterocycles. The summed E-state index contributed by atoms with van der Waals surface area (Å²) in [5.74, 6) is -0.229. The first-order chi connectivity index (χ1) is 7.89. The van der Waals surface area contributed by atoms with E-state index in [-0.39, 0.29) is 16.5 Å². The van der Waals surface area contributed by atoms with Crippen molar-refractivity contribution in [3.05, 3.63) is 41.9 Å². The van der Waals surface area contributed by atoms with Gasteiger partial charge in [0.2, 0.25) is 5.78 Å². The number of aryl methyl sites for hydroxylation is 1. The molecule has 5 nitrogen and oxygen atoms in total. The van der Waals surface area contributed by atoms with Crippen LogP contribution >= 0.6 is 0 Å². The zero-order valence-corrected chi connectivity index (χ0v) is 10.3. The fourth-order valence-corrected chi connectivity index (χ4v) is 2.17. The van der Waals surface area contributed by atoms with E-state index in [1.807, 2.05) is 0 Å². The molecule has 0 aliphatic rings. The first-order valence-electron chi connectivity index (χ1n) is 4.94. The molecule has 0 saturated carbocycles. The Morgan fingerprint density at radius 1 is 1.29 bits per heavy atom. The molecule has 0 aliphatic carbocycles. The number of carbonyl (C=O) groups is 1. The molecular formula is C11H12N2O3S. The van der Waals surface area contributed by atoms with Gasteiger partial charge in [-0.3, -0.25) is 4.79 Å². The van der Waals surface area contributed by atoms with Gasteiger partial charge in [0.15, 0.2) is 9.84 Å². The molecule has 0 unspecified atom stereocenters. The second-order valence-electron chi connectivity index (χ2n) is 3.84. The first kappa shape index (κ1) is 11.7. The minimum absolute atomic E-state index is 0.0510. The van der Waals surface area contributed by atoms with Crippen LogP contribution in [0.4, 0.5) is 0 Å². The molecule has 0 bridgehead atoms. The summed E-state index contributed by atoms with van der Waals surface area (Å²) in [4.78, 5) is 14.6. The van der Waals surface area contributed by atoms with Gasteiger partial charge in [-0.1, -0.05) is 0 Å². The number of carbonyl (C=O) groups excluding carboxylic acids is 1. The number of aromatic amines is 1. The summed E-state index contributed by atoms with van der Waals surface area (Å²) in [6.45, 7) is 0. The second-order valence-corrected chi connectivity index (χ2v) is 5.83. The monoisotopic (exact) mass is 252 g/mol. The number of H-pyrrole nitrogens is 1. The SMILES string of the molecule is Cn1cccc1C(=O)c1ccc(S(C)(=O)=O)[nH]1. The Labute approximate surface area is 99.0 Å². The fraction of sp³-hybridized carbons (Fsp3) is 0.182. The third-order valence-corrected chi connectivity index (χ3v) is 3.52. The standard InChI is InChI=1S/C11H12N2O3S/c1-13-7-3-4-9(13)11(14)8-5-6-10(12-8)17(2,15)16/h3-7,12H,1-2H3. The molecule has 0 amide bonds. The van der Waals surface area contributed by atoms with Crippen LogP contribution in [0.3, 0.4) is 0 Å². The molecule has 17 heavy (non-hydrogen) atoms. The topological polar surface area (TPSA) is 71.9 Å². The molecule has 0 saturated heterocycles. The van der Waals surface area contributed by atoms with Gasteiger partial charge in [0.1, 0.15) is 5.03 Å². The summed E-state index contributed by atoms with van der Waals surface area (Å²) in [5, 5.41) is 0.0510.